The van der Waals surface area contributed by atoms with Crippen molar-refractivity contribution < 1.29 is 19.1 Å². The molecule has 1 atom stereocenters. The molecule has 31 heavy (non-hydrogen) atoms. The Balaban J connectivity index is 1.46. The van der Waals surface area contributed by atoms with Crippen LogP contribution in [-0.2, 0) is 5.60 Å². The zero-order valence-corrected chi connectivity index (χ0v) is 18.3. The Hall–Kier alpha value is -3.13. The summed E-state index contributed by atoms with van der Waals surface area (Å²) in [5, 5.41) is 17.0. The predicted octanol–water partition coefficient (Wildman–Crippen LogP) is 2.43. The van der Waals surface area contributed by atoms with Gasteiger partial charge in [-0.15, -0.1) is 0 Å². The molecule has 3 rings (SSSR count). The Kier molecular flexibility index (Phi) is 7.12. The minimum atomic E-state index is -1.21. The predicted molar refractivity (Wildman–Crippen MR) is 118 cm³/mol. The summed E-state index contributed by atoms with van der Waals surface area (Å²) in [5.41, 5.74) is -0.251. The molecule has 0 saturated heterocycles. The van der Waals surface area contributed by atoms with Crippen LogP contribution in [0.4, 0.5) is 0 Å². The number of guanidine groups is 1. The van der Waals surface area contributed by atoms with Crippen LogP contribution in [0.1, 0.15) is 58.9 Å². The Morgan fingerprint density at radius 2 is 1.77 bits per heavy atom. The topological polar surface area (TPSA) is 107 Å². The lowest BCUT2D eigenvalue weighted by molar-refractivity contribution is 0.0428. The van der Waals surface area contributed by atoms with Crippen LogP contribution < -0.4 is 10.6 Å². The van der Waals surface area contributed by atoms with Gasteiger partial charge in [0.25, 0.3) is 11.8 Å². The van der Waals surface area contributed by atoms with Crippen molar-refractivity contribution in [2.24, 2.45) is 4.99 Å². The van der Waals surface area contributed by atoms with Crippen LogP contribution in [0.2, 0.25) is 0 Å². The molecule has 1 aliphatic rings. The summed E-state index contributed by atoms with van der Waals surface area (Å²) in [6.07, 6.45) is 1.44. The van der Waals surface area contributed by atoms with E-state index in [1.165, 1.54) is 4.90 Å². The maximum absolute atomic E-state index is 12.4. The molecule has 0 fully saturated rings. The molecular weight excluding hydrogens is 396 g/mol. The highest BCUT2D eigenvalue weighted by Gasteiger charge is 2.34. The zero-order valence-electron chi connectivity index (χ0n) is 18.3. The lowest BCUT2D eigenvalue weighted by Gasteiger charge is -2.20. The summed E-state index contributed by atoms with van der Waals surface area (Å²) in [6.45, 7) is 7.29. The number of carbonyl (C=O) groups is 2. The molecule has 2 amide bonds. The minimum absolute atomic E-state index is 0.143. The number of furan rings is 1. The monoisotopic (exact) mass is 426 g/mol. The number of aliphatic imine (C=N–C) groups is 1. The number of aryl methyl sites for hydroxylation is 1. The molecule has 2 aromatic rings. The van der Waals surface area contributed by atoms with Crippen LogP contribution in [0.5, 0.6) is 0 Å². The smallest absolute Gasteiger partial charge is 0.261 e. The maximum atomic E-state index is 12.4. The van der Waals surface area contributed by atoms with Crippen molar-refractivity contribution in [3.8, 4) is 0 Å². The van der Waals surface area contributed by atoms with Crippen LogP contribution in [0.3, 0.4) is 0 Å². The summed E-state index contributed by atoms with van der Waals surface area (Å²) in [7, 11) is 0. The third-order valence-corrected chi connectivity index (χ3v) is 5.14. The van der Waals surface area contributed by atoms with Gasteiger partial charge in [0.05, 0.1) is 17.7 Å². The molecule has 1 unspecified atom stereocenters. The van der Waals surface area contributed by atoms with Crippen LogP contribution in [-0.4, -0.2) is 54.0 Å². The quantitative estimate of drug-likeness (QED) is 0.246. The summed E-state index contributed by atoms with van der Waals surface area (Å²) < 4.78 is 5.52. The normalized spacial score (nSPS) is 15.7. The molecule has 0 spiro atoms. The van der Waals surface area contributed by atoms with Gasteiger partial charge in [0, 0.05) is 19.6 Å². The first kappa shape index (κ1) is 22.6. The van der Waals surface area contributed by atoms with Crippen molar-refractivity contribution in [3.63, 3.8) is 0 Å². The van der Waals surface area contributed by atoms with E-state index in [9.17, 15) is 14.7 Å². The first-order valence-electron chi connectivity index (χ1n) is 10.6. The van der Waals surface area contributed by atoms with E-state index in [1.807, 2.05) is 19.9 Å². The number of aliphatic hydroxyl groups is 1. The first-order chi connectivity index (χ1) is 14.8. The van der Waals surface area contributed by atoms with Crippen molar-refractivity contribution in [3.05, 3.63) is 59.0 Å². The van der Waals surface area contributed by atoms with E-state index in [1.54, 1.807) is 37.3 Å². The van der Waals surface area contributed by atoms with Gasteiger partial charge in [-0.3, -0.25) is 14.5 Å². The number of hydrogen-bond acceptors (Lipinski definition) is 5. The highest BCUT2D eigenvalue weighted by molar-refractivity contribution is 6.21. The number of fused-ring (bicyclic) bond motifs is 1. The minimum Gasteiger partial charge on any atom is -0.463 e. The summed E-state index contributed by atoms with van der Waals surface area (Å²) in [5.74, 6) is 1.36. The third-order valence-electron chi connectivity index (χ3n) is 5.14. The molecule has 8 nitrogen and oxygen atoms in total. The lowest BCUT2D eigenvalue weighted by atomic mass is 10.0. The average molecular weight is 427 g/mol. The molecule has 3 N–H and O–H groups in total. The largest absolute Gasteiger partial charge is 0.463 e. The summed E-state index contributed by atoms with van der Waals surface area (Å²) in [6, 6.07) is 10.5. The van der Waals surface area contributed by atoms with Gasteiger partial charge in [-0.05, 0) is 57.9 Å². The van der Waals surface area contributed by atoms with Gasteiger partial charge in [-0.2, -0.15) is 0 Å². The van der Waals surface area contributed by atoms with E-state index in [4.69, 9.17) is 4.42 Å². The highest BCUT2D eigenvalue weighted by atomic mass is 16.4. The third kappa shape index (κ3) is 5.32. The van der Waals surface area contributed by atoms with Crippen molar-refractivity contribution >= 4 is 17.8 Å². The Bertz CT molecular complexity index is 929. The SMILES string of the molecule is CCNC(=NCC(C)(O)c1ccc(C)o1)NCCCCN1C(=O)c2ccccc2C1=O. The second-order valence-corrected chi connectivity index (χ2v) is 7.82. The van der Waals surface area contributed by atoms with E-state index in [-0.39, 0.29) is 18.4 Å². The molecule has 1 aliphatic heterocycles. The highest BCUT2D eigenvalue weighted by Crippen LogP contribution is 2.23. The fourth-order valence-corrected chi connectivity index (χ4v) is 3.42. The van der Waals surface area contributed by atoms with Gasteiger partial charge in [-0.25, -0.2) is 4.99 Å². The van der Waals surface area contributed by atoms with Gasteiger partial charge in [0.1, 0.15) is 17.1 Å². The number of carbonyl (C=O) groups excluding carboxylic acids is 2. The molecule has 166 valence electrons. The number of nitrogens with zero attached hydrogens (tertiary/aromatic N) is 2. The van der Waals surface area contributed by atoms with E-state index >= 15 is 0 Å². The van der Waals surface area contributed by atoms with Gasteiger partial charge in [0.2, 0.25) is 0 Å². The number of benzene rings is 1. The number of rotatable bonds is 9. The second-order valence-electron chi connectivity index (χ2n) is 7.82. The second kappa shape index (κ2) is 9.78. The van der Waals surface area contributed by atoms with Crippen molar-refractivity contribution in [1.82, 2.24) is 15.5 Å². The van der Waals surface area contributed by atoms with Gasteiger partial charge < -0.3 is 20.2 Å². The Labute approximate surface area is 182 Å². The fourth-order valence-electron chi connectivity index (χ4n) is 3.42. The molecule has 1 aromatic carbocycles. The lowest BCUT2D eigenvalue weighted by Crippen LogP contribution is -2.39. The van der Waals surface area contributed by atoms with E-state index < -0.39 is 5.60 Å². The molecule has 0 aliphatic carbocycles. The van der Waals surface area contributed by atoms with Crippen molar-refractivity contribution in [2.45, 2.75) is 39.2 Å². The van der Waals surface area contributed by atoms with E-state index in [0.717, 1.165) is 12.2 Å². The summed E-state index contributed by atoms with van der Waals surface area (Å²) in [4.78, 5) is 30.6. The first-order valence-corrected chi connectivity index (χ1v) is 10.6. The van der Waals surface area contributed by atoms with Crippen LogP contribution in [0.15, 0.2) is 45.8 Å². The molecule has 1 aromatic heterocycles. The molecule has 0 saturated carbocycles. The van der Waals surface area contributed by atoms with Gasteiger partial charge in [0.15, 0.2) is 5.96 Å². The van der Waals surface area contributed by atoms with Crippen LogP contribution in [0, 0.1) is 6.92 Å². The Morgan fingerprint density at radius 3 is 2.35 bits per heavy atom. The number of hydrogen-bond donors (Lipinski definition) is 3. The number of imide groups is 1. The zero-order chi connectivity index (χ0) is 22.4. The average Bonchev–Trinajstić information content (AvgIpc) is 3.29. The van der Waals surface area contributed by atoms with E-state index in [0.29, 0.717) is 48.9 Å². The van der Waals surface area contributed by atoms with Crippen LogP contribution in [0.25, 0.3) is 0 Å². The van der Waals surface area contributed by atoms with E-state index in [2.05, 4.69) is 15.6 Å². The number of unbranched alkanes of at least 4 members (excludes halogenated alkanes) is 1. The number of nitrogens with one attached hydrogen (secondary N) is 2. The van der Waals surface area contributed by atoms with Gasteiger partial charge in [-0.1, -0.05) is 12.1 Å². The van der Waals surface area contributed by atoms with Crippen LogP contribution >= 0.6 is 0 Å². The number of amides is 2. The molecule has 2 heterocycles. The maximum Gasteiger partial charge on any atom is 0.261 e. The summed E-state index contributed by atoms with van der Waals surface area (Å²) >= 11 is 0. The molecular formula is C23H30N4O4. The fraction of sp³-hybridized carbons (Fsp3) is 0.435. The molecule has 0 radical (unpaired) electrons. The Morgan fingerprint density at radius 1 is 1.10 bits per heavy atom. The molecule has 0 bridgehead atoms. The van der Waals surface area contributed by atoms with Crippen molar-refractivity contribution in [1.29, 1.82) is 0 Å². The van der Waals surface area contributed by atoms with Gasteiger partial charge >= 0.3 is 0 Å². The van der Waals surface area contributed by atoms with Crippen molar-refractivity contribution in [2.75, 3.05) is 26.2 Å². The standard InChI is InChI=1S/C23H30N4O4/c1-4-24-22(26-15-23(3,30)19-12-11-16(2)31-19)25-13-7-8-14-27-20(28)17-9-5-6-10-18(17)21(27)29/h5-6,9-12,30H,4,7-8,13-15H2,1-3H3,(H2,24,25,26). The molecule has 8 heteroatoms.